The molecule has 0 bridgehead atoms. The molecule has 0 spiro atoms. The Hall–Kier alpha value is -2.80. The maximum atomic E-state index is 10.8. The van der Waals surface area contributed by atoms with Crippen LogP contribution in [0.3, 0.4) is 0 Å². The molecule has 0 unspecified atom stereocenters. The molecule has 0 saturated carbocycles. The van der Waals surface area contributed by atoms with Crippen LogP contribution in [0.1, 0.15) is 0 Å². The van der Waals surface area contributed by atoms with Crippen LogP contribution in [0.4, 0.5) is 11.4 Å². The molecular weight excluding hydrogens is 292 g/mol. The lowest BCUT2D eigenvalue weighted by Gasteiger charge is -1.96. The third-order valence-corrected chi connectivity index (χ3v) is 4.24. The maximum Gasteiger partial charge on any atom is 0.270 e. The summed E-state index contributed by atoms with van der Waals surface area (Å²) >= 11 is 1.49. The van der Waals surface area contributed by atoms with E-state index in [4.69, 9.17) is 0 Å². The molecule has 21 heavy (non-hydrogen) atoms. The Morgan fingerprint density at radius 2 is 1.43 bits per heavy atom. The first-order valence-electron chi connectivity index (χ1n) is 5.97. The Morgan fingerprint density at radius 3 is 2.05 bits per heavy atom. The average molecular weight is 300 g/mol. The Kier molecular flexibility index (Phi) is 3.11. The molecule has 6 nitrogen and oxygen atoms in total. The minimum Gasteiger partial charge on any atom is -0.258 e. The number of benzene rings is 2. The smallest absolute Gasteiger partial charge is 0.258 e. The summed E-state index contributed by atoms with van der Waals surface area (Å²) in [6, 6.07) is 12.8. The first-order valence-corrected chi connectivity index (χ1v) is 6.79. The van der Waals surface area contributed by atoms with Crippen LogP contribution in [-0.4, -0.2) is 9.85 Å². The van der Waals surface area contributed by atoms with E-state index in [1.54, 1.807) is 18.2 Å². The Labute approximate surface area is 122 Å². The van der Waals surface area contributed by atoms with E-state index in [1.807, 2.05) is 6.07 Å². The lowest BCUT2D eigenvalue weighted by atomic mass is 10.1. The zero-order chi connectivity index (χ0) is 15.0. The van der Waals surface area contributed by atoms with Crippen molar-refractivity contribution in [2.45, 2.75) is 0 Å². The molecule has 2 aromatic carbocycles. The van der Waals surface area contributed by atoms with Crippen molar-refractivity contribution in [3.8, 4) is 10.4 Å². The van der Waals surface area contributed by atoms with Crippen molar-refractivity contribution in [2.75, 3.05) is 0 Å². The number of nitro groups is 2. The van der Waals surface area contributed by atoms with Crippen LogP contribution in [0.25, 0.3) is 20.5 Å². The largest absolute Gasteiger partial charge is 0.270 e. The van der Waals surface area contributed by atoms with Crippen LogP contribution in [0, 0.1) is 20.2 Å². The summed E-state index contributed by atoms with van der Waals surface area (Å²) in [5.74, 6) is 0. The number of fused-ring (bicyclic) bond motifs is 1. The van der Waals surface area contributed by atoms with Crippen molar-refractivity contribution in [3.63, 3.8) is 0 Å². The van der Waals surface area contributed by atoms with Crippen molar-refractivity contribution in [3.05, 3.63) is 68.8 Å². The van der Waals surface area contributed by atoms with Gasteiger partial charge in [0.15, 0.2) is 0 Å². The molecule has 3 rings (SSSR count). The fourth-order valence-electron chi connectivity index (χ4n) is 2.03. The molecule has 0 aliphatic rings. The molecule has 7 heteroatoms. The van der Waals surface area contributed by atoms with Crippen LogP contribution >= 0.6 is 11.3 Å². The first-order chi connectivity index (χ1) is 10.0. The van der Waals surface area contributed by atoms with Crippen LogP contribution in [-0.2, 0) is 0 Å². The zero-order valence-corrected chi connectivity index (χ0v) is 11.4. The van der Waals surface area contributed by atoms with Gasteiger partial charge >= 0.3 is 0 Å². The summed E-state index contributed by atoms with van der Waals surface area (Å²) in [5.41, 5.74) is 0.940. The van der Waals surface area contributed by atoms with E-state index in [-0.39, 0.29) is 11.4 Å². The van der Waals surface area contributed by atoms with E-state index < -0.39 is 9.85 Å². The Balaban J connectivity index is 2.04. The van der Waals surface area contributed by atoms with Gasteiger partial charge in [-0.05, 0) is 35.2 Å². The highest BCUT2D eigenvalue weighted by Gasteiger charge is 2.11. The highest BCUT2D eigenvalue weighted by atomic mass is 32.1. The topological polar surface area (TPSA) is 86.3 Å². The minimum absolute atomic E-state index is 0.0375. The van der Waals surface area contributed by atoms with Crippen LogP contribution in [0.15, 0.2) is 48.5 Å². The van der Waals surface area contributed by atoms with Crippen molar-refractivity contribution >= 4 is 32.8 Å². The molecule has 0 saturated heterocycles. The van der Waals surface area contributed by atoms with Crippen LogP contribution in [0.2, 0.25) is 0 Å². The van der Waals surface area contributed by atoms with Crippen LogP contribution in [0.5, 0.6) is 0 Å². The van der Waals surface area contributed by atoms with Crippen LogP contribution < -0.4 is 0 Å². The number of thiophene rings is 1. The predicted molar refractivity (Wildman–Crippen MR) is 80.6 cm³/mol. The highest BCUT2D eigenvalue weighted by Crippen LogP contribution is 2.35. The van der Waals surface area contributed by atoms with Crippen molar-refractivity contribution < 1.29 is 9.85 Å². The molecule has 0 aliphatic heterocycles. The van der Waals surface area contributed by atoms with Gasteiger partial charge in [0, 0.05) is 33.8 Å². The molecule has 0 N–H and O–H groups in total. The van der Waals surface area contributed by atoms with Gasteiger partial charge in [-0.3, -0.25) is 20.2 Å². The molecular formula is C14H8N2O4S. The zero-order valence-electron chi connectivity index (χ0n) is 10.6. The normalized spacial score (nSPS) is 10.7. The molecule has 0 atom stereocenters. The highest BCUT2D eigenvalue weighted by molar-refractivity contribution is 7.22. The maximum absolute atomic E-state index is 10.8. The molecule has 1 heterocycles. The second-order valence-corrected chi connectivity index (χ2v) is 5.48. The third-order valence-electron chi connectivity index (χ3n) is 3.07. The van der Waals surface area contributed by atoms with Gasteiger partial charge in [-0.2, -0.15) is 0 Å². The van der Waals surface area contributed by atoms with Crippen molar-refractivity contribution in [1.82, 2.24) is 0 Å². The van der Waals surface area contributed by atoms with Crippen molar-refractivity contribution in [1.29, 1.82) is 0 Å². The minimum atomic E-state index is -0.446. The van der Waals surface area contributed by atoms with Gasteiger partial charge in [0.05, 0.1) is 9.85 Å². The fraction of sp³-hybridized carbons (Fsp3) is 0. The summed E-state index contributed by atoms with van der Waals surface area (Å²) in [6.45, 7) is 0. The number of hydrogen-bond acceptors (Lipinski definition) is 5. The molecule has 0 radical (unpaired) electrons. The lowest BCUT2D eigenvalue weighted by Crippen LogP contribution is -1.86. The summed E-state index contributed by atoms with van der Waals surface area (Å²) in [6.07, 6.45) is 0. The van der Waals surface area contributed by atoms with E-state index in [0.717, 1.165) is 20.5 Å². The summed E-state index contributed by atoms with van der Waals surface area (Å²) in [4.78, 5) is 21.4. The van der Waals surface area contributed by atoms with Gasteiger partial charge in [-0.15, -0.1) is 11.3 Å². The fourth-order valence-corrected chi connectivity index (χ4v) is 3.08. The van der Waals surface area contributed by atoms with Crippen molar-refractivity contribution in [2.24, 2.45) is 0 Å². The van der Waals surface area contributed by atoms with E-state index in [2.05, 4.69) is 0 Å². The number of nitrogens with zero attached hydrogens (tertiary/aromatic N) is 2. The molecule has 104 valence electrons. The van der Waals surface area contributed by atoms with Gasteiger partial charge in [0.1, 0.15) is 0 Å². The quantitative estimate of drug-likeness (QED) is 0.530. The standard InChI is InChI=1S/C14H8N2O4S/c17-15(18)11-3-1-9(2-4-11)14-8-10-7-12(16(19)20)5-6-13(10)21-14/h1-8H. The average Bonchev–Trinajstić information content (AvgIpc) is 2.90. The van der Waals surface area contributed by atoms with Gasteiger partial charge in [-0.1, -0.05) is 0 Å². The summed E-state index contributed by atoms with van der Waals surface area (Å²) in [5, 5.41) is 22.2. The van der Waals surface area contributed by atoms with E-state index in [0.29, 0.717) is 0 Å². The molecule has 0 amide bonds. The first kappa shape index (κ1) is 13.2. The number of nitro benzene ring substituents is 2. The molecule has 3 aromatic rings. The van der Waals surface area contributed by atoms with Gasteiger partial charge < -0.3 is 0 Å². The molecule has 0 fully saturated rings. The number of non-ortho nitro benzene ring substituents is 2. The summed E-state index contributed by atoms with van der Waals surface area (Å²) < 4.78 is 0.939. The molecule has 0 aliphatic carbocycles. The second kappa shape index (κ2) is 4.95. The van der Waals surface area contributed by atoms with Gasteiger partial charge in [0.25, 0.3) is 11.4 Å². The third kappa shape index (κ3) is 2.46. The number of rotatable bonds is 3. The number of hydrogen-bond donors (Lipinski definition) is 0. The Bertz CT molecular complexity index is 855. The lowest BCUT2D eigenvalue weighted by molar-refractivity contribution is -0.385. The van der Waals surface area contributed by atoms with Gasteiger partial charge in [-0.25, -0.2) is 0 Å². The van der Waals surface area contributed by atoms with E-state index in [9.17, 15) is 20.2 Å². The predicted octanol–water partition coefficient (Wildman–Crippen LogP) is 4.38. The van der Waals surface area contributed by atoms with E-state index in [1.165, 1.54) is 35.6 Å². The summed E-state index contributed by atoms with van der Waals surface area (Å²) in [7, 11) is 0. The molecule has 1 aromatic heterocycles. The second-order valence-electron chi connectivity index (χ2n) is 4.39. The Morgan fingerprint density at radius 1 is 0.810 bits per heavy atom. The SMILES string of the molecule is O=[N+]([O-])c1ccc(-c2cc3cc([N+](=O)[O-])ccc3s2)cc1. The van der Waals surface area contributed by atoms with Gasteiger partial charge in [0.2, 0.25) is 0 Å². The van der Waals surface area contributed by atoms with E-state index >= 15 is 0 Å². The monoisotopic (exact) mass is 300 g/mol.